The highest BCUT2D eigenvalue weighted by atomic mass is 35.5. The molecule has 0 radical (unpaired) electrons. The molecule has 1 atom stereocenters. The van der Waals surface area contributed by atoms with Crippen LogP contribution in [-0.2, 0) is 4.57 Å². The fourth-order valence-electron chi connectivity index (χ4n) is 3.83. The molecule has 1 saturated carbocycles. The maximum Gasteiger partial charge on any atom is 0.236 e. The molecule has 9 heteroatoms. The molecule has 1 aliphatic carbocycles. The lowest BCUT2D eigenvalue weighted by Gasteiger charge is -2.24. The summed E-state index contributed by atoms with van der Waals surface area (Å²) in [5.41, 5.74) is -2.45. The number of methoxy groups -OCH3 is 2. The molecule has 0 aliphatic heterocycles. The lowest BCUT2D eigenvalue weighted by molar-refractivity contribution is 0.103. The highest BCUT2D eigenvalue weighted by Crippen LogP contribution is 2.63. The molecule has 0 bridgehead atoms. The van der Waals surface area contributed by atoms with Crippen LogP contribution in [0.25, 0.3) is 0 Å². The van der Waals surface area contributed by atoms with Crippen molar-refractivity contribution >= 4 is 53.0 Å². The first-order chi connectivity index (χ1) is 14.2. The minimum absolute atomic E-state index is 0.0210. The Hall–Kier alpha value is -1.52. The largest absolute Gasteiger partial charge is 0.496 e. The summed E-state index contributed by atoms with van der Waals surface area (Å²) in [6.45, 7) is 0. The van der Waals surface area contributed by atoms with Crippen LogP contribution in [0.1, 0.15) is 46.4 Å². The minimum Gasteiger partial charge on any atom is -0.496 e. The highest BCUT2D eigenvalue weighted by molar-refractivity contribution is 7.96. The van der Waals surface area contributed by atoms with Crippen LogP contribution in [-0.4, -0.2) is 30.9 Å². The topological polar surface area (TPSA) is 69.7 Å². The quantitative estimate of drug-likeness (QED) is 0.394. The Bertz CT molecular complexity index is 1000. The molecule has 160 valence electrons. The Balaban J connectivity index is 2.23. The zero-order valence-corrected chi connectivity index (χ0v) is 19.6. The van der Waals surface area contributed by atoms with Gasteiger partial charge in [-0.05, 0) is 37.1 Å². The van der Waals surface area contributed by atoms with Crippen LogP contribution >= 0.6 is 41.9 Å². The Labute approximate surface area is 190 Å². The first-order valence-corrected chi connectivity index (χ1v) is 12.2. The van der Waals surface area contributed by atoms with E-state index in [-0.39, 0.29) is 37.7 Å². The van der Waals surface area contributed by atoms with Crippen molar-refractivity contribution in [1.82, 2.24) is 0 Å². The lowest BCUT2D eigenvalue weighted by Crippen LogP contribution is -2.21. The van der Waals surface area contributed by atoms with Crippen LogP contribution in [0.4, 0.5) is 0 Å². The van der Waals surface area contributed by atoms with Gasteiger partial charge in [0, 0.05) is 10.7 Å². The molecule has 1 unspecified atom stereocenters. The number of carbonyl (C=O) groups is 2. The van der Waals surface area contributed by atoms with E-state index in [1.807, 2.05) is 0 Å². The molecular weight excluding hydrogens is 470 g/mol. The third-order valence-corrected chi connectivity index (χ3v) is 9.32. The van der Waals surface area contributed by atoms with E-state index in [1.165, 1.54) is 26.4 Å². The van der Waals surface area contributed by atoms with Gasteiger partial charge in [0.1, 0.15) is 17.1 Å². The van der Waals surface area contributed by atoms with E-state index in [0.29, 0.717) is 12.8 Å². The average molecular weight is 490 g/mol. The fraction of sp³-hybridized carbons (Fsp3) is 0.333. The Morgan fingerprint density at radius 2 is 1.37 bits per heavy atom. The van der Waals surface area contributed by atoms with Gasteiger partial charge >= 0.3 is 0 Å². The summed E-state index contributed by atoms with van der Waals surface area (Å²) in [6, 6.07) is 7.44. The lowest BCUT2D eigenvalue weighted by atomic mass is 10.2. The van der Waals surface area contributed by atoms with Gasteiger partial charge in [-0.25, -0.2) is 0 Å². The van der Waals surface area contributed by atoms with Crippen LogP contribution in [0.5, 0.6) is 11.5 Å². The van der Waals surface area contributed by atoms with Crippen LogP contribution in [0.2, 0.25) is 15.1 Å². The molecule has 0 heterocycles. The van der Waals surface area contributed by atoms with Gasteiger partial charge in [0.2, 0.25) is 18.2 Å². The van der Waals surface area contributed by atoms with Gasteiger partial charge in [0.25, 0.3) is 0 Å². The van der Waals surface area contributed by atoms with E-state index in [4.69, 9.17) is 44.3 Å². The van der Waals surface area contributed by atoms with Crippen LogP contribution in [0.3, 0.4) is 0 Å². The SMILES string of the molecule is COc1cccc(OC)c1C(=O)P(=O)(C(=O)c1c(Cl)cc(Cl)cc1Cl)C1CCCC1. The fourth-order valence-corrected chi connectivity index (χ4v) is 8.02. The molecular formula is C21H20Cl3O5P. The molecule has 0 amide bonds. The summed E-state index contributed by atoms with van der Waals surface area (Å²) in [5.74, 6) is 0.359. The number of hydrogen-bond acceptors (Lipinski definition) is 5. The van der Waals surface area contributed by atoms with Crippen LogP contribution in [0, 0.1) is 0 Å². The maximum absolute atomic E-state index is 14.4. The Kier molecular flexibility index (Phi) is 7.19. The molecule has 1 aliphatic rings. The second kappa shape index (κ2) is 9.32. The minimum atomic E-state index is -4.19. The van der Waals surface area contributed by atoms with Crippen molar-refractivity contribution in [3.63, 3.8) is 0 Å². The molecule has 0 aromatic heterocycles. The summed E-state index contributed by atoms with van der Waals surface area (Å²) >= 11 is 18.4. The highest BCUT2D eigenvalue weighted by Gasteiger charge is 2.50. The van der Waals surface area contributed by atoms with E-state index in [2.05, 4.69) is 0 Å². The Morgan fingerprint density at radius 3 is 1.83 bits per heavy atom. The second-order valence-electron chi connectivity index (χ2n) is 6.99. The number of carbonyl (C=O) groups excluding carboxylic acids is 2. The Morgan fingerprint density at radius 1 is 0.900 bits per heavy atom. The van der Waals surface area contributed by atoms with Crippen molar-refractivity contribution in [1.29, 1.82) is 0 Å². The third-order valence-electron chi connectivity index (χ3n) is 5.30. The molecule has 0 spiro atoms. The number of hydrogen-bond donors (Lipinski definition) is 0. The normalized spacial score (nSPS) is 16.2. The third kappa shape index (κ3) is 4.01. The van der Waals surface area contributed by atoms with Crippen LogP contribution in [0.15, 0.2) is 30.3 Å². The molecule has 2 aromatic rings. The predicted octanol–water partition coefficient (Wildman–Crippen LogP) is 6.95. The number of rotatable bonds is 7. The summed E-state index contributed by atoms with van der Waals surface area (Å²) in [7, 11) is -1.41. The van der Waals surface area contributed by atoms with E-state index < -0.39 is 23.8 Å². The van der Waals surface area contributed by atoms with Crippen LogP contribution < -0.4 is 9.47 Å². The van der Waals surface area contributed by atoms with Gasteiger partial charge < -0.3 is 14.0 Å². The molecule has 0 N–H and O–H groups in total. The van der Waals surface area contributed by atoms with Crippen molar-refractivity contribution in [3.05, 3.63) is 56.5 Å². The average Bonchev–Trinajstić information content (AvgIpc) is 3.26. The molecule has 30 heavy (non-hydrogen) atoms. The summed E-state index contributed by atoms with van der Waals surface area (Å²) in [4.78, 5) is 27.4. The smallest absolute Gasteiger partial charge is 0.236 e. The monoisotopic (exact) mass is 488 g/mol. The molecule has 2 aromatic carbocycles. The molecule has 3 rings (SSSR count). The number of benzene rings is 2. The molecule has 0 saturated heterocycles. The van der Waals surface area contributed by atoms with E-state index in [1.54, 1.807) is 18.2 Å². The zero-order chi connectivity index (χ0) is 22.1. The first-order valence-electron chi connectivity index (χ1n) is 9.30. The van der Waals surface area contributed by atoms with Gasteiger partial charge in [0.05, 0.1) is 29.8 Å². The second-order valence-corrected chi connectivity index (χ2v) is 11.1. The van der Waals surface area contributed by atoms with Crippen molar-refractivity contribution in [2.24, 2.45) is 0 Å². The van der Waals surface area contributed by atoms with Crippen molar-refractivity contribution < 1.29 is 23.6 Å². The van der Waals surface area contributed by atoms with Gasteiger partial charge in [-0.15, -0.1) is 0 Å². The summed E-state index contributed by atoms with van der Waals surface area (Å²) in [6.07, 6.45) is 2.55. The van der Waals surface area contributed by atoms with Gasteiger partial charge in [-0.2, -0.15) is 0 Å². The first kappa shape index (κ1) is 23.1. The zero-order valence-electron chi connectivity index (χ0n) is 16.4. The standard InChI is InChI=1S/C21H20Cl3O5P/c1-28-16-8-5-9-17(29-2)19(16)21(26)30(27,13-6-3-4-7-13)20(25)18-14(23)10-12(22)11-15(18)24/h5,8-11,13H,3-4,6-7H2,1-2H3. The molecule has 1 fully saturated rings. The summed E-state index contributed by atoms with van der Waals surface area (Å²) in [5, 5.41) is 0.140. The van der Waals surface area contributed by atoms with E-state index in [9.17, 15) is 14.2 Å². The number of ether oxygens (including phenoxy) is 2. The van der Waals surface area contributed by atoms with Crippen molar-refractivity contribution in [2.45, 2.75) is 31.3 Å². The molecule has 5 nitrogen and oxygen atoms in total. The van der Waals surface area contributed by atoms with Crippen molar-refractivity contribution in [3.8, 4) is 11.5 Å². The van der Waals surface area contributed by atoms with Crippen molar-refractivity contribution in [2.75, 3.05) is 14.2 Å². The number of halogens is 3. The van der Waals surface area contributed by atoms with Gasteiger partial charge in [-0.3, -0.25) is 9.59 Å². The van der Waals surface area contributed by atoms with E-state index in [0.717, 1.165) is 12.8 Å². The summed E-state index contributed by atoms with van der Waals surface area (Å²) < 4.78 is 25.0. The predicted molar refractivity (Wildman–Crippen MR) is 120 cm³/mol. The maximum atomic E-state index is 14.4. The van der Waals surface area contributed by atoms with Gasteiger partial charge in [-0.1, -0.05) is 53.7 Å². The van der Waals surface area contributed by atoms with Gasteiger partial charge in [0.15, 0.2) is 0 Å². The van der Waals surface area contributed by atoms with E-state index >= 15 is 0 Å².